The second-order valence-electron chi connectivity index (χ2n) is 19.2. The van der Waals surface area contributed by atoms with Crippen LogP contribution in [0.4, 0.5) is 29.1 Å². The lowest BCUT2D eigenvalue weighted by Crippen LogP contribution is -2.59. The van der Waals surface area contributed by atoms with Crippen molar-refractivity contribution in [2.75, 3.05) is 53.2 Å². The summed E-state index contributed by atoms with van der Waals surface area (Å²) in [5.41, 5.74) is 24.8. The van der Waals surface area contributed by atoms with E-state index in [1.54, 1.807) is 49.2 Å². The minimum absolute atomic E-state index is 0.226. The highest BCUT2D eigenvalue weighted by Gasteiger charge is 2.50. The second kappa shape index (κ2) is 24.9. The maximum absolute atomic E-state index is 12.6. The molecule has 2 aliphatic heterocycles. The SMILES string of the molecule is CC(C)(C)S(=O)N[C@H]1CCC12CCN(c1cnc(Sc3ccnc(Cl)c3Cl)c(N)n1)CC2.Nc1nc(Cl)cnc1Sc1ccnc(Cl)c1Cl.Nc1nc(N2CCC3(CC[C@@H]3N)CC2)cnc1Sc1ccnc(Cl)c1Cl. The average molecular weight is 1230 g/mol. The van der Waals surface area contributed by atoms with E-state index in [0.717, 1.165) is 86.1 Å². The second-order valence-corrected chi connectivity index (χ2v) is 26.9. The van der Waals surface area contributed by atoms with E-state index in [9.17, 15) is 4.21 Å². The van der Waals surface area contributed by atoms with Crippen molar-refractivity contribution in [1.29, 1.82) is 0 Å². The van der Waals surface area contributed by atoms with Gasteiger partial charge in [0.15, 0.2) is 17.5 Å². The maximum atomic E-state index is 12.6. The summed E-state index contributed by atoms with van der Waals surface area (Å²) in [6, 6.07) is 5.94. The van der Waals surface area contributed by atoms with Gasteiger partial charge in [-0.25, -0.2) is 53.8 Å². The molecule has 0 radical (unpaired) electrons. The van der Waals surface area contributed by atoms with Gasteiger partial charge in [0.1, 0.15) is 47.3 Å². The highest BCUT2D eigenvalue weighted by Crippen LogP contribution is 2.51. The molecule has 28 heteroatoms. The minimum Gasteiger partial charge on any atom is -0.381 e. The number of rotatable bonds is 10. The van der Waals surface area contributed by atoms with Gasteiger partial charge in [0.05, 0.1) is 49.4 Å². The first-order valence-corrected chi connectivity index (χ1v) is 29.8. The van der Waals surface area contributed by atoms with E-state index in [1.807, 2.05) is 20.8 Å². The molecule has 4 fully saturated rings. The maximum Gasteiger partial charge on any atom is 0.158 e. The van der Waals surface area contributed by atoms with Gasteiger partial charge in [0.2, 0.25) is 0 Å². The summed E-state index contributed by atoms with van der Waals surface area (Å²) in [4.78, 5) is 44.5. The predicted molar refractivity (Wildman–Crippen MR) is 309 cm³/mol. The summed E-state index contributed by atoms with van der Waals surface area (Å²) in [6.45, 7) is 9.67. The van der Waals surface area contributed by atoms with Crippen molar-refractivity contribution in [3.05, 3.63) is 91.1 Å². The Labute approximate surface area is 485 Å². The summed E-state index contributed by atoms with van der Waals surface area (Å²) in [5.74, 6) is 2.58. The number of nitrogens with zero attached hydrogens (tertiary/aromatic N) is 11. The zero-order chi connectivity index (χ0) is 53.8. The molecule has 17 nitrogen and oxygen atoms in total. The molecule has 6 aromatic rings. The fourth-order valence-corrected chi connectivity index (χ4v) is 13.7. The zero-order valence-corrected chi connectivity index (χ0v) is 49.3. The number of hydrogen-bond acceptors (Lipinski definition) is 19. The molecule has 10 rings (SSSR count). The quantitative estimate of drug-likeness (QED) is 0.0799. The van der Waals surface area contributed by atoms with Crippen LogP contribution >= 0.6 is 116 Å². The Balaban J connectivity index is 0.000000156. The van der Waals surface area contributed by atoms with Crippen LogP contribution in [-0.2, 0) is 11.0 Å². The Kier molecular flexibility index (Phi) is 19.2. The first-order valence-electron chi connectivity index (χ1n) is 23.6. The van der Waals surface area contributed by atoms with Crippen LogP contribution in [0.5, 0.6) is 0 Å². The number of nitrogens with two attached hydrogens (primary N) is 4. The summed E-state index contributed by atoms with van der Waals surface area (Å²) >= 11 is 45.7. The van der Waals surface area contributed by atoms with Crippen LogP contribution in [0.15, 0.2) is 85.1 Å². The Hall–Kier alpha value is -3.16. The molecule has 2 saturated carbocycles. The zero-order valence-electron chi connectivity index (χ0n) is 40.8. The van der Waals surface area contributed by atoms with E-state index < -0.39 is 11.0 Å². The van der Waals surface area contributed by atoms with E-state index >= 15 is 0 Å². The van der Waals surface area contributed by atoms with Crippen molar-refractivity contribution in [3.63, 3.8) is 0 Å². The van der Waals surface area contributed by atoms with Gasteiger partial charge in [-0.1, -0.05) is 116 Å². The van der Waals surface area contributed by atoms with Gasteiger partial charge in [-0.15, -0.1) is 0 Å². The Morgan fingerprint density at radius 1 is 0.573 bits per heavy atom. The number of piperidine rings is 2. The smallest absolute Gasteiger partial charge is 0.158 e. The molecular formula is C47H53Cl7N16OS4. The van der Waals surface area contributed by atoms with Crippen molar-refractivity contribution in [2.24, 2.45) is 16.6 Å². The summed E-state index contributed by atoms with van der Waals surface area (Å²) < 4.78 is 15.7. The van der Waals surface area contributed by atoms with Crippen molar-refractivity contribution in [2.45, 2.75) is 119 Å². The van der Waals surface area contributed by atoms with Crippen molar-refractivity contribution in [1.82, 2.24) is 49.6 Å². The van der Waals surface area contributed by atoms with Crippen LogP contribution in [0.1, 0.15) is 72.1 Å². The lowest BCUT2D eigenvalue weighted by atomic mass is 9.60. The summed E-state index contributed by atoms with van der Waals surface area (Å²) in [7, 11) is -1.04. The third kappa shape index (κ3) is 13.8. The van der Waals surface area contributed by atoms with Crippen LogP contribution in [-0.4, -0.2) is 92.1 Å². The van der Waals surface area contributed by atoms with Crippen LogP contribution in [0.2, 0.25) is 35.7 Å². The van der Waals surface area contributed by atoms with Crippen LogP contribution in [0, 0.1) is 10.8 Å². The predicted octanol–water partition coefficient (Wildman–Crippen LogP) is 11.9. The molecule has 2 aliphatic carbocycles. The van der Waals surface area contributed by atoms with Crippen LogP contribution < -0.4 is 37.5 Å². The van der Waals surface area contributed by atoms with E-state index in [-0.39, 0.29) is 36.6 Å². The van der Waals surface area contributed by atoms with E-state index in [4.69, 9.17) is 104 Å². The summed E-state index contributed by atoms with van der Waals surface area (Å²) in [5, 5.41) is 3.81. The number of pyridine rings is 3. The molecule has 2 spiro atoms. The Bertz CT molecular complexity index is 3040. The van der Waals surface area contributed by atoms with E-state index in [1.165, 1.54) is 54.3 Å². The van der Waals surface area contributed by atoms with Crippen molar-refractivity contribution >= 4 is 157 Å². The topological polar surface area (TPSA) is 256 Å². The third-order valence-corrected chi connectivity index (χ3v) is 21.3. The number of anilines is 5. The van der Waals surface area contributed by atoms with E-state index in [0.29, 0.717) is 64.2 Å². The van der Waals surface area contributed by atoms with Gasteiger partial charge >= 0.3 is 0 Å². The van der Waals surface area contributed by atoms with E-state index in [2.05, 4.69) is 59.4 Å². The molecular weight excluding hydrogens is 1180 g/mol. The highest BCUT2D eigenvalue weighted by atomic mass is 35.5. The molecule has 4 aliphatic rings. The molecule has 0 aromatic carbocycles. The van der Waals surface area contributed by atoms with Gasteiger partial charge in [0, 0.05) is 71.5 Å². The molecule has 75 heavy (non-hydrogen) atoms. The number of nitrogens with one attached hydrogen (secondary N) is 1. The lowest BCUT2D eigenvalue weighted by Gasteiger charge is -2.54. The molecule has 9 N–H and O–H groups in total. The Morgan fingerprint density at radius 2 is 0.960 bits per heavy atom. The molecule has 1 unspecified atom stereocenters. The van der Waals surface area contributed by atoms with Gasteiger partial charge in [0.25, 0.3) is 0 Å². The standard InChI is InChI=1S/C21H28Cl2N6OS2.C17H20Cl2N6S.C9H5Cl3N4S/c1-20(2,3)32(30)28-14-4-6-21(14)7-10-29(11-8-21)15-12-26-19(18(24)27-15)31-13-5-9-25-17(23)16(13)22;18-13-10(2-6-22-14(13)19)26-16-15(21)24-12(9-23-16)25-7-4-17(5-8-25)3-1-11(17)20;10-5-3-15-9(8(13)16-5)17-4-1-2-14-7(12)6(4)11/h5,9,12,14,28H,4,6-8,10-11H2,1-3H3,(H2,24,27);2,6,9,11H,1,3-5,7-8,20H2,(H2,21,24);1-3H,(H2,13,16)/t14-,32?;11-;/m00./s1. The molecule has 6 aromatic heterocycles. The molecule has 2 saturated heterocycles. The number of hydrogen-bond donors (Lipinski definition) is 5. The first kappa shape index (κ1) is 58.0. The molecule has 0 bridgehead atoms. The van der Waals surface area contributed by atoms with Crippen LogP contribution in [0.3, 0.4) is 0 Å². The number of nitrogen functional groups attached to an aromatic ring is 3. The minimum atomic E-state index is -1.04. The molecule has 400 valence electrons. The molecule has 0 amide bonds. The van der Waals surface area contributed by atoms with Gasteiger partial charge < -0.3 is 32.7 Å². The fraction of sp³-hybridized carbons (Fsp3) is 0.426. The van der Waals surface area contributed by atoms with Crippen LogP contribution in [0.25, 0.3) is 0 Å². The molecule has 8 heterocycles. The highest BCUT2D eigenvalue weighted by molar-refractivity contribution is 8.00. The monoisotopic (exact) mass is 1230 g/mol. The van der Waals surface area contributed by atoms with Gasteiger partial charge in [-0.2, -0.15) is 0 Å². The average Bonchev–Trinajstić information content (AvgIpc) is 3.38. The summed E-state index contributed by atoms with van der Waals surface area (Å²) in [6.07, 6.45) is 18.7. The first-order chi connectivity index (χ1) is 35.6. The van der Waals surface area contributed by atoms with Gasteiger partial charge in [-0.3, -0.25) is 0 Å². The normalized spacial score (nSPS) is 19.0. The van der Waals surface area contributed by atoms with Crippen molar-refractivity contribution in [3.8, 4) is 0 Å². The number of aromatic nitrogens is 9. The van der Waals surface area contributed by atoms with Gasteiger partial charge in [-0.05, 0) is 101 Å². The molecule has 3 atom stereocenters. The fourth-order valence-electron chi connectivity index (χ4n) is 8.92. The third-order valence-electron chi connectivity index (χ3n) is 13.7. The largest absolute Gasteiger partial charge is 0.381 e. The Morgan fingerprint density at radius 3 is 1.29 bits per heavy atom. The lowest BCUT2D eigenvalue weighted by molar-refractivity contribution is 0.0513. The van der Waals surface area contributed by atoms with Crippen molar-refractivity contribution < 1.29 is 4.21 Å². The number of halogens is 7.